The number of imidazole rings is 1. The molecule has 0 N–H and O–H groups in total. The molecule has 0 saturated heterocycles. The van der Waals surface area contributed by atoms with Crippen molar-refractivity contribution in [3.8, 4) is 11.5 Å². The van der Waals surface area contributed by atoms with Crippen LogP contribution in [0.25, 0.3) is 22.7 Å². The van der Waals surface area contributed by atoms with Crippen LogP contribution in [0.5, 0.6) is 0 Å². The van der Waals surface area contributed by atoms with E-state index in [1.165, 1.54) is 0 Å². The summed E-state index contributed by atoms with van der Waals surface area (Å²) in [6.07, 6.45) is 3.37. The maximum absolute atomic E-state index is 12.2. The molecule has 0 fully saturated rings. The van der Waals surface area contributed by atoms with Gasteiger partial charge in [-0.1, -0.05) is 6.07 Å². The quantitative estimate of drug-likeness (QED) is 0.696. The molecule has 3 aromatic rings. The SMILES string of the molecule is CC(C)(C)OC(=O)Cn1c(-c2ccccn2)nc2cccnc21. The predicted molar refractivity (Wildman–Crippen MR) is 86.6 cm³/mol. The number of nitrogens with zero attached hydrogens (tertiary/aromatic N) is 4. The van der Waals surface area contributed by atoms with Gasteiger partial charge in [-0.3, -0.25) is 14.3 Å². The molecule has 0 unspecified atom stereocenters. The third kappa shape index (κ3) is 3.36. The van der Waals surface area contributed by atoms with E-state index in [9.17, 15) is 4.79 Å². The molecule has 0 spiro atoms. The van der Waals surface area contributed by atoms with Crippen LogP contribution in [0.4, 0.5) is 0 Å². The Bertz CT molecular complexity index is 835. The molecular weight excluding hydrogens is 292 g/mol. The second kappa shape index (κ2) is 5.79. The maximum atomic E-state index is 12.2. The van der Waals surface area contributed by atoms with Crippen molar-refractivity contribution in [2.45, 2.75) is 32.9 Å². The van der Waals surface area contributed by atoms with Crippen LogP contribution in [0.3, 0.4) is 0 Å². The van der Waals surface area contributed by atoms with Crippen LogP contribution in [0.2, 0.25) is 0 Å². The molecule has 0 aliphatic rings. The molecule has 23 heavy (non-hydrogen) atoms. The first kappa shape index (κ1) is 15.1. The minimum Gasteiger partial charge on any atom is -0.459 e. The molecule has 3 heterocycles. The van der Waals surface area contributed by atoms with Crippen LogP contribution in [0.1, 0.15) is 20.8 Å². The van der Waals surface area contributed by atoms with E-state index in [2.05, 4.69) is 15.0 Å². The van der Waals surface area contributed by atoms with Crippen LogP contribution in [-0.2, 0) is 16.1 Å². The smallest absolute Gasteiger partial charge is 0.326 e. The highest BCUT2D eigenvalue weighted by molar-refractivity contribution is 5.79. The fraction of sp³-hybridized carbons (Fsp3) is 0.294. The lowest BCUT2D eigenvalue weighted by atomic mass is 10.2. The molecule has 0 aliphatic carbocycles. The zero-order chi connectivity index (χ0) is 16.4. The van der Waals surface area contributed by atoms with Gasteiger partial charge in [-0.25, -0.2) is 9.97 Å². The average Bonchev–Trinajstić information content (AvgIpc) is 2.85. The summed E-state index contributed by atoms with van der Waals surface area (Å²) in [7, 11) is 0. The van der Waals surface area contributed by atoms with Crippen molar-refractivity contribution in [1.82, 2.24) is 19.5 Å². The third-order valence-electron chi connectivity index (χ3n) is 3.10. The largest absolute Gasteiger partial charge is 0.459 e. The molecule has 0 aliphatic heterocycles. The van der Waals surface area contributed by atoms with Crippen molar-refractivity contribution >= 4 is 17.1 Å². The summed E-state index contributed by atoms with van der Waals surface area (Å²) in [5.74, 6) is 0.268. The van der Waals surface area contributed by atoms with Gasteiger partial charge in [0.2, 0.25) is 0 Å². The van der Waals surface area contributed by atoms with Crippen LogP contribution in [-0.4, -0.2) is 31.1 Å². The number of hydrogen-bond donors (Lipinski definition) is 0. The van der Waals surface area contributed by atoms with E-state index >= 15 is 0 Å². The monoisotopic (exact) mass is 310 g/mol. The van der Waals surface area contributed by atoms with Gasteiger partial charge < -0.3 is 4.74 Å². The van der Waals surface area contributed by atoms with Crippen molar-refractivity contribution in [2.75, 3.05) is 0 Å². The zero-order valence-corrected chi connectivity index (χ0v) is 13.4. The van der Waals surface area contributed by atoms with Crippen LogP contribution in [0.15, 0.2) is 42.7 Å². The van der Waals surface area contributed by atoms with Crippen molar-refractivity contribution < 1.29 is 9.53 Å². The van der Waals surface area contributed by atoms with Gasteiger partial charge in [0.05, 0.1) is 0 Å². The number of ether oxygens (including phenoxy) is 1. The van der Waals surface area contributed by atoms with Gasteiger partial charge in [-0.2, -0.15) is 0 Å². The highest BCUT2D eigenvalue weighted by Gasteiger charge is 2.21. The number of carbonyl (C=O) groups is 1. The van der Waals surface area contributed by atoms with E-state index in [0.29, 0.717) is 17.2 Å². The maximum Gasteiger partial charge on any atom is 0.326 e. The Labute approximate surface area is 134 Å². The summed E-state index contributed by atoms with van der Waals surface area (Å²) in [6, 6.07) is 9.25. The topological polar surface area (TPSA) is 69.9 Å². The average molecular weight is 310 g/mol. The molecule has 3 rings (SSSR count). The van der Waals surface area contributed by atoms with E-state index in [-0.39, 0.29) is 12.5 Å². The van der Waals surface area contributed by atoms with Gasteiger partial charge in [0.25, 0.3) is 0 Å². The van der Waals surface area contributed by atoms with Crippen molar-refractivity contribution in [1.29, 1.82) is 0 Å². The fourth-order valence-corrected chi connectivity index (χ4v) is 2.30. The third-order valence-corrected chi connectivity index (χ3v) is 3.10. The summed E-state index contributed by atoms with van der Waals surface area (Å²) < 4.78 is 7.16. The van der Waals surface area contributed by atoms with Crippen LogP contribution >= 0.6 is 0 Å². The first-order valence-corrected chi connectivity index (χ1v) is 7.38. The molecule has 0 bridgehead atoms. The van der Waals surface area contributed by atoms with Crippen LogP contribution < -0.4 is 0 Å². The Morgan fingerprint density at radius 2 is 1.91 bits per heavy atom. The summed E-state index contributed by atoms with van der Waals surface area (Å²) in [5, 5.41) is 0. The lowest BCUT2D eigenvalue weighted by Gasteiger charge is -2.20. The lowest BCUT2D eigenvalue weighted by Crippen LogP contribution is -2.26. The van der Waals surface area contributed by atoms with E-state index in [0.717, 1.165) is 5.52 Å². The predicted octanol–water partition coefficient (Wildman–Crippen LogP) is 2.84. The second-order valence-corrected chi connectivity index (χ2v) is 6.17. The number of aromatic nitrogens is 4. The van der Waals surface area contributed by atoms with Gasteiger partial charge in [-0.15, -0.1) is 0 Å². The molecule has 0 aromatic carbocycles. The molecular formula is C17H18N4O2. The number of esters is 1. The molecule has 0 amide bonds. The second-order valence-electron chi connectivity index (χ2n) is 6.17. The van der Waals surface area contributed by atoms with Crippen molar-refractivity contribution in [2.24, 2.45) is 0 Å². The van der Waals surface area contributed by atoms with Crippen molar-refractivity contribution in [3.63, 3.8) is 0 Å². The highest BCUT2D eigenvalue weighted by atomic mass is 16.6. The number of pyridine rings is 2. The number of fused-ring (bicyclic) bond motifs is 1. The minimum absolute atomic E-state index is 0.0384. The van der Waals surface area contributed by atoms with Gasteiger partial charge in [0.15, 0.2) is 11.5 Å². The van der Waals surface area contributed by atoms with Gasteiger partial charge in [-0.05, 0) is 45.0 Å². The molecule has 0 radical (unpaired) electrons. The van der Waals surface area contributed by atoms with E-state index in [1.54, 1.807) is 17.0 Å². The van der Waals surface area contributed by atoms with Crippen LogP contribution in [0, 0.1) is 0 Å². The standard InChI is InChI=1S/C17H18N4O2/c1-17(2,3)23-14(22)11-21-15-13(8-6-10-19-15)20-16(21)12-7-4-5-9-18-12/h4-10H,11H2,1-3H3. The summed E-state index contributed by atoms with van der Waals surface area (Å²) in [4.78, 5) is 25.5. The molecule has 0 saturated carbocycles. The Hall–Kier alpha value is -2.76. The fourth-order valence-electron chi connectivity index (χ4n) is 2.30. The van der Waals surface area contributed by atoms with E-state index < -0.39 is 5.60 Å². The molecule has 6 nitrogen and oxygen atoms in total. The Morgan fingerprint density at radius 1 is 1.13 bits per heavy atom. The highest BCUT2D eigenvalue weighted by Crippen LogP contribution is 2.22. The van der Waals surface area contributed by atoms with Crippen molar-refractivity contribution in [3.05, 3.63) is 42.7 Å². The Kier molecular flexibility index (Phi) is 3.82. The summed E-state index contributed by atoms with van der Waals surface area (Å²) in [5.41, 5.74) is 1.51. The van der Waals surface area contributed by atoms with E-state index in [1.807, 2.05) is 51.1 Å². The summed E-state index contributed by atoms with van der Waals surface area (Å²) in [6.45, 7) is 5.56. The minimum atomic E-state index is -0.536. The Morgan fingerprint density at radius 3 is 2.61 bits per heavy atom. The molecule has 6 heteroatoms. The van der Waals surface area contributed by atoms with E-state index in [4.69, 9.17) is 4.74 Å². The number of carbonyl (C=O) groups excluding carboxylic acids is 1. The van der Waals surface area contributed by atoms with Gasteiger partial charge in [0.1, 0.15) is 23.4 Å². The normalized spacial score (nSPS) is 11.6. The summed E-state index contributed by atoms with van der Waals surface area (Å²) >= 11 is 0. The van der Waals surface area contributed by atoms with Gasteiger partial charge >= 0.3 is 5.97 Å². The number of hydrogen-bond acceptors (Lipinski definition) is 5. The van der Waals surface area contributed by atoms with Gasteiger partial charge in [0, 0.05) is 12.4 Å². The molecule has 0 atom stereocenters. The lowest BCUT2D eigenvalue weighted by molar-refractivity contribution is -0.155. The zero-order valence-electron chi connectivity index (χ0n) is 13.4. The first-order valence-electron chi connectivity index (χ1n) is 7.38. The molecule has 3 aromatic heterocycles. The first-order chi connectivity index (χ1) is 10.9. The number of rotatable bonds is 3. The molecule has 118 valence electrons. The Balaban J connectivity index is 2.05.